The molecule has 1 atom stereocenters. The lowest BCUT2D eigenvalue weighted by molar-refractivity contribution is 0.250. The van der Waals surface area contributed by atoms with Crippen LogP contribution in [0.4, 0.5) is 0 Å². The van der Waals surface area contributed by atoms with Crippen molar-refractivity contribution in [3.63, 3.8) is 0 Å². The van der Waals surface area contributed by atoms with E-state index in [0.717, 1.165) is 22.3 Å². The number of ether oxygens (including phenoxy) is 3. The van der Waals surface area contributed by atoms with Crippen LogP contribution in [0.2, 0.25) is 0 Å². The Bertz CT molecular complexity index is 1150. The van der Waals surface area contributed by atoms with E-state index < -0.39 is 6.04 Å². The highest BCUT2D eigenvalue weighted by Gasteiger charge is 2.18. The summed E-state index contributed by atoms with van der Waals surface area (Å²) in [5.41, 5.74) is 16.2. The molecule has 0 fully saturated rings. The standard InChI is InChI=1S/C29H30N2O3/c30-18-26(31)25-16-28(33-20-23-12-6-2-7-13-23)29(34-21-24-14-8-3-9-15-24)17-27(25)32-19-22-10-4-1-5-11-22/h1-17,26H,18-21,30-31H2. The SMILES string of the molecule is NCC(N)c1cc(OCc2ccccc2)c(OCc2ccccc2)cc1OCc1ccccc1. The summed E-state index contributed by atoms with van der Waals surface area (Å²) in [6, 6.07) is 33.4. The van der Waals surface area contributed by atoms with E-state index in [0.29, 0.717) is 37.1 Å². The van der Waals surface area contributed by atoms with E-state index in [4.69, 9.17) is 25.7 Å². The van der Waals surface area contributed by atoms with Gasteiger partial charge in [-0.25, -0.2) is 0 Å². The first-order chi connectivity index (χ1) is 16.7. The summed E-state index contributed by atoms with van der Waals surface area (Å²) in [5, 5.41) is 0. The van der Waals surface area contributed by atoms with Crippen molar-refractivity contribution >= 4 is 0 Å². The van der Waals surface area contributed by atoms with Gasteiger partial charge in [0.25, 0.3) is 0 Å². The van der Waals surface area contributed by atoms with Crippen molar-refractivity contribution in [3.8, 4) is 17.2 Å². The highest BCUT2D eigenvalue weighted by Crippen LogP contribution is 2.38. The van der Waals surface area contributed by atoms with Crippen LogP contribution in [0.25, 0.3) is 0 Å². The summed E-state index contributed by atoms with van der Waals surface area (Å²) in [6.07, 6.45) is 0. The molecule has 0 saturated heterocycles. The largest absolute Gasteiger partial charge is 0.488 e. The Morgan fingerprint density at radius 1 is 0.529 bits per heavy atom. The number of benzene rings is 4. The van der Waals surface area contributed by atoms with E-state index in [9.17, 15) is 0 Å². The fraction of sp³-hybridized carbons (Fsp3) is 0.172. The Morgan fingerprint density at radius 2 is 0.912 bits per heavy atom. The molecule has 0 aliphatic heterocycles. The first-order valence-electron chi connectivity index (χ1n) is 11.4. The van der Waals surface area contributed by atoms with Crippen molar-refractivity contribution in [2.24, 2.45) is 11.5 Å². The summed E-state index contributed by atoms with van der Waals surface area (Å²) in [7, 11) is 0. The molecule has 0 radical (unpaired) electrons. The van der Waals surface area contributed by atoms with Crippen LogP contribution in [-0.2, 0) is 19.8 Å². The Balaban J connectivity index is 1.63. The van der Waals surface area contributed by atoms with Crippen molar-refractivity contribution in [2.45, 2.75) is 25.9 Å². The maximum absolute atomic E-state index is 6.35. The Kier molecular flexibility index (Phi) is 8.17. The molecular formula is C29H30N2O3. The molecule has 0 aliphatic carbocycles. The minimum absolute atomic E-state index is 0.282. The van der Waals surface area contributed by atoms with Crippen LogP contribution < -0.4 is 25.7 Å². The van der Waals surface area contributed by atoms with Crippen molar-refractivity contribution in [1.82, 2.24) is 0 Å². The van der Waals surface area contributed by atoms with Crippen LogP contribution >= 0.6 is 0 Å². The average Bonchev–Trinajstić information content (AvgIpc) is 2.91. The molecule has 5 heteroatoms. The summed E-state index contributed by atoms with van der Waals surface area (Å²) >= 11 is 0. The minimum Gasteiger partial charge on any atom is -0.488 e. The van der Waals surface area contributed by atoms with E-state index >= 15 is 0 Å². The molecule has 0 aliphatic rings. The highest BCUT2D eigenvalue weighted by molar-refractivity contribution is 5.52. The molecule has 0 heterocycles. The first-order valence-corrected chi connectivity index (χ1v) is 11.4. The monoisotopic (exact) mass is 454 g/mol. The van der Waals surface area contributed by atoms with Gasteiger partial charge in [0.2, 0.25) is 0 Å². The molecule has 4 aromatic rings. The lowest BCUT2D eigenvalue weighted by atomic mass is 10.1. The summed E-state index contributed by atoms with van der Waals surface area (Å²) < 4.78 is 18.6. The van der Waals surface area contributed by atoms with Crippen molar-refractivity contribution in [3.05, 3.63) is 125 Å². The first kappa shape index (κ1) is 23.4. The van der Waals surface area contributed by atoms with E-state index in [1.54, 1.807) is 0 Å². The van der Waals surface area contributed by atoms with Crippen molar-refractivity contribution in [1.29, 1.82) is 0 Å². The van der Waals surface area contributed by atoms with Crippen LogP contribution in [0.3, 0.4) is 0 Å². The van der Waals surface area contributed by atoms with Gasteiger partial charge in [0.05, 0.1) is 0 Å². The van der Waals surface area contributed by atoms with Gasteiger partial charge in [-0.15, -0.1) is 0 Å². The topological polar surface area (TPSA) is 79.7 Å². The second kappa shape index (κ2) is 11.9. The number of rotatable bonds is 11. The van der Waals surface area contributed by atoms with Gasteiger partial charge in [0, 0.05) is 24.2 Å². The zero-order valence-electron chi connectivity index (χ0n) is 19.1. The van der Waals surface area contributed by atoms with E-state index in [1.807, 2.05) is 103 Å². The molecular weight excluding hydrogens is 424 g/mol. The molecule has 5 nitrogen and oxygen atoms in total. The fourth-order valence-corrected chi connectivity index (χ4v) is 3.53. The van der Waals surface area contributed by atoms with Gasteiger partial charge in [-0.05, 0) is 22.8 Å². The number of hydrogen-bond donors (Lipinski definition) is 2. The lowest BCUT2D eigenvalue weighted by Gasteiger charge is -2.21. The molecule has 4 N–H and O–H groups in total. The lowest BCUT2D eigenvalue weighted by Crippen LogP contribution is -2.21. The second-order valence-corrected chi connectivity index (χ2v) is 8.00. The van der Waals surface area contributed by atoms with Crippen molar-refractivity contribution < 1.29 is 14.2 Å². The zero-order valence-corrected chi connectivity index (χ0v) is 19.1. The zero-order chi connectivity index (χ0) is 23.6. The fourth-order valence-electron chi connectivity index (χ4n) is 3.53. The quantitative estimate of drug-likeness (QED) is 0.318. The van der Waals surface area contributed by atoms with E-state index in [-0.39, 0.29) is 6.54 Å². The van der Waals surface area contributed by atoms with Gasteiger partial charge in [0.1, 0.15) is 25.6 Å². The predicted octanol–water partition coefficient (Wildman–Crippen LogP) is 5.38. The molecule has 4 aromatic carbocycles. The highest BCUT2D eigenvalue weighted by atomic mass is 16.5. The Hall–Kier alpha value is -3.80. The van der Waals surface area contributed by atoms with Gasteiger partial charge in [-0.3, -0.25) is 0 Å². The Morgan fingerprint density at radius 3 is 1.32 bits per heavy atom. The van der Waals surface area contributed by atoms with Gasteiger partial charge >= 0.3 is 0 Å². The second-order valence-electron chi connectivity index (χ2n) is 8.00. The Labute approximate surface area is 200 Å². The summed E-state index contributed by atoms with van der Waals surface area (Å²) in [4.78, 5) is 0. The minimum atomic E-state index is -0.395. The maximum Gasteiger partial charge on any atom is 0.165 e. The molecule has 0 amide bonds. The van der Waals surface area contributed by atoms with Crippen LogP contribution in [-0.4, -0.2) is 6.54 Å². The van der Waals surface area contributed by atoms with Gasteiger partial charge in [-0.1, -0.05) is 91.0 Å². The summed E-state index contributed by atoms with van der Waals surface area (Å²) in [6.45, 7) is 1.50. The molecule has 0 spiro atoms. The normalized spacial score (nSPS) is 11.6. The third kappa shape index (κ3) is 6.38. The third-order valence-electron chi connectivity index (χ3n) is 5.44. The molecule has 174 valence electrons. The summed E-state index contributed by atoms with van der Waals surface area (Å²) in [5.74, 6) is 1.83. The van der Waals surface area contributed by atoms with Gasteiger partial charge in [0.15, 0.2) is 11.5 Å². The van der Waals surface area contributed by atoms with Crippen LogP contribution in [0.1, 0.15) is 28.3 Å². The molecule has 34 heavy (non-hydrogen) atoms. The van der Waals surface area contributed by atoms with E-state index in [1.165, 1.54) is 0 Å². The molecule has 0 saturated carbocycles. The molecule has 1 unspecified atom stereocenters. The third-order valence-corrected chi connectivity index (χ3v) is 5.44. The van der Waals surface area contributed by atoms with Crippen LogP contribution in [0.5, 0.6) is 17.2 Å². The smallest absolute Gasteiger partial charge is 0.165 e. The van der Waals surface area contributed by atoms with Gasteiger partial charge < -0.3 is 25.7 Å². The van der Waals surface area contributed by atoms with Crippen molar-refractivity contribution in [2.75, 3.05) is 6.54 Å². The number of hydrogen-bond acceptors (Lipinski definition) is 5. The molecule has 4 rings (SSSR count). The van der Waals surface area contributed by atoms with Gasteiger partial charge in [-0.2, -0.15) is 0 Å². The number of nitrogens with two attached hydrogens (primary N) is 2. The molecule has 0 bridgehead atoms. The molecule has 0 aromatic heterocycles. The predicted molar refractivity (Wildman–Crippen MR) is 135 cm³/mol. The average molecular weight is 455 g/mol. The van der Waals surface area contributed by atoms with Crippen LogP contribution in [0.15, 0.2) is 103 Å². The van der Waals surface area contributed by atoms with Crippen LogP contribution in [0, 0.1) is 0 Å². The maximum atomic E-state index is 6.35. The van der Waals surface area contributed by atoms with E-state index in [2.05, 4.69) is 0 Å².